The number of benzene rings is 1. The van der Waals surface area contributed by atoms with Crippen LogP contribution >= 0.6 is 0 Å². The maximum Gasteiger partial charge on any atom is 0.247 e. The molecule has 2 saturated heterocycles. The van der Waals surface area contributed by atoms with Gasteiger partial charge in [0.25, 0.3) is 0 Å². The van der Waals surface area contributed by atoms with Gasteiger partial charge in [0.2, 0.25) is 17.7 Å². The second-order valence-corrected chi connectivity index (χ2v) is 8.84. The number of hydrogen-bond donors (Lipinski definition) is 4. The van der Waals surface area contributed by atoms with Crippen LogP contribution in [0.15, 0.2) is 24.4 Å². The van der Waals surface area contributed by atoms with Crippen molar-refractivity contribution >= 4 is 28.6 Å². The number of nitrogens with zero attached hydrogens (tertiary/aromatic N) is 2. The van der Waals surface area contributed by atoms with E-state index >= 15 is 0 Å². The Kier molecular flexibility index (Phi) is 6.40. The van der Waals surface area contributed by atoms with E-state index in [1.165, 1.54) is 19.1 Å². The molecule has 5 atom stereocenters. The maximum atomic E-state index is 14.0. The Hall–Kier alpha value is -2.98. The number of rotatable bonds is 6. The van der Waals surface area contributed by atoms with Gasteiger partial charge in [-0.05, 0) is 44.2 Å². The van der Waals surface area contributed by atoms with Crippen molar-refractivity contribution in [3.05, 3.63) is 35.8 Å². The zero-order valence-corrected chi connectivity index (χ0v) is 19.0. The van der Waals surface area contributed by atoms with E-state index in [0.29, 0.717) is 19.5 Å². The van der Waals surface area contributed by atoms with Gasteiger partial charge in [0.1, 0.15) is 11.9 Å². The SMILES string of the molecule is CNC(C)C(=O)NC(CO)C(=O)N1CCC2C1C(c1c[nH]c3ccc(F)cc13)CN2C(C)=O. The molecule has 5 unspecified atom stereocenters. The summed E-state index contributed by atoms with van der Waals surface area (Å²) in [5.74, 6) is -1.44. The Labute approximate surface area is 191 Å². The fourth-order valence-corrected chi connectivity index (χ4v) is 5.22. The lowest BCUT2D eigenvalue weighted by Crippen LogP contribution is -2.55. The third-order valence-corrected chi connectivity index (χ3v) is 7.01. The molecule has 2 aliphatic heterocycles. The van der Waals surface area contributed by atoms with Gasteiger partial charge in [-0.3, -0.25) is 14.4 Å². The second-order valence-electron chi connectivity index (χ2n) is 8.84. The molecule has 0 aliphatic carbocycles. The second kappa shape index (κ2) is 9.11. The molecule has 9 nitrogen and oxygen atoms in total. The minimum Gasteiger partial charge on any atom is -0.394 e. The summed E-state index contributed by atoms with van der Waals surface area (Å²) in [5, 5.41) is 16.0. The summed E-state index contributed by atoms with van der Waals surface area (Å²) >= 11 is 0. The average molecular weight is 460 g/mol. The molecule has 2 aliphatic rings. The summed E-state index contributed by atoms with van der Waals surface area (Å²) in [7, 11) is 1.63. The van der Waals surface area contributed by atoms with Gasteiger partial charge in [0.05, 0.1) is 24.7 Å². The lowest BCUT2D eigenvalue weighted by atomic mass is 9.91. The lowest BCUT2D eigenvalue weighted by molar-refractivity contribution is -0.139. The molecule has 2 aromatic rings. The summed E-state index contributed by atoms with van der Waals surface area (Å²) in [6, 6.07) is 2.39. The molecule has 0 spiro atoms. The Balaban J connectivity index is 1.66. The number of aromatic amines is 1. The van der Waals surface area contributed by atoms with Crippen LogP contribution in [-0.2, 0) is 14.4 Å². The molecule has 2 fully saturated rings. The molecule has 3 amide bonds. The third-order valence-electron chi connectivity index (χ3n) is 7.01. The Morgan fingerprint density at radius 1 is 1.30 bits per heavy atom. The highest BCUT2D eigenvalue weighted by atomic mass is 19.1. The van der Waals surface area contributed by atoms with E-state index in [2.05, 4.69) is 15.6 Å². The highest BCUT2D eigenvalue weighted by Gasteiger charge is 2.52. The van der Waals surface area contributed by atoms with Gasteiger partial charge >= 0.3 is 0 Å². The van der Waals surface area contributed by atoms with Crippen molar-refractivity contribution in [2.45, 2.75) is 50.4 Å². The van der Waals surface area contributed by atoms with E-state index < -0.39 is 18.7 Å². The van der Waals surface area contributed by atoms with Crippen LogP contribution in [-0.4, -0.2) is 88.5 Å². The first-order valence-corrected chi connectivity index (χ1v) is 11.2. The summed E-state index contributed by atoms with van der Waals surface area (Å²) in [4.78, 5) is 44.7. The predicted molar refractivity (Wildman–Crippen MR) is 120 cm³/mol. The van der Waals surface area contributed by atoms with Crippen LogP contribution in [0, 0.1) is 5.82 Å². The molecule has 3 heterocycles. The molecule has 178 valence electrons. The Bertz CT molecular complexity index is 1070. The number of carbonyl (C=O) groups excluding carboxylic acids is 3. The van der Waals surface area contributed by atoms with Crippen LogP contribution in [0.2, 0.25) is 0 Å². The zero-order valence-electron chi connectivity index (χ0n) is 19.0. The van der Waals surface area contributed by atoms with E-state index in [1.54, 1.807) is 29.8 Å². The molecule has 1 aromatic carbocycles. The molecular formula is C23H30FN5O4. The summed E-state index contributed by atoms with van der Waals surface area (Å²) in [6.07, 6.45) is 2.42. The molecule has 33 heavy (non-hydrogen) atoms. The molecule has 0 bridgehead atoms. The van der Waals surface area contributed by atoms with Crippen molar-refractivity contribution in [1.29, 1.82) is 0 Å². The third kappa shape index (κ3) is 4.08. The fraction of sp³-hybridized carbons (Fsp3) is 0.522. The number of aliphatic hydroxyl groups excluding tert-OH is 1. The predicted octanol–water partition coefficient (Wildman–Crippen LogP) is 0.307. The monoisotopic (exact) mass is 459 g/mol. The minimum atomic E-state index is -1.08. The number of aliphatic hydroxyl groups is 1. The van der Waals surface area contributed by atoms with E-state index in [1.807, 2.05) is 6.20 Å². The fourth-order valence-electron chi connectivity index (χ4n) is 5.22. The van der Waals surface area contributed by atoms with Gasteiger partial charge < -0.3 is 30.5 Å². The number of H-pyrrole nitrogens is 1. The van der Waals surface area contributed by atoms with Gasteiger partial charge in [0, 0.05) is 43.0 Å². The smallest absolute Gasteiger partial charge is 0.247 e. The summed E-state index contributed by atoms with van der Waals surface area (Å²) < 4.78 is 14.0. The van der Waals surface area contributed by atoms with Crippen molar-refractivity contribution in [2.24, 2.45) is 0 Å². The lowest BCUT2D eigenvalue weighted by Gasteiger charge is -2.31. The van der Waals surface area contributed by atoms with Crippen molar-refractivity contribution in [2.75, 3.05) is 26.7 Å². The maximum absolute atomic E-state index is 14.0. The largest absolute Gasteiger partial charge is 0.394 e. The number of amides is 3. The van der Waals surface area contributed by atoms with Gasteiger partial charge in [-0.1, -0.05) is 0 Å². The Morgan fingerprint density at radius 2 is 2.06 bits per heavy atom. The first-order chi connectivity index (χ1) is 15.8. The van der Waals surface area contributed by atoms with Crippen LogP contribution in [0.25, 0.3) is 10.9 Å². The highest BCUT2D eigenvalue weighted by Crippen LogP contribution is 2.43. The zero-order chi connectivity index (χ0) is 23.9. The molecule has 4 N–H and O–H groups in total. The van der Waals surface area contributed by atoms with Gasteiger partial charge in [-0.25, -0.2) is 4.39 Å². The summed E-state index contributed by atoms with van der Waals surface area (Å²) in [6.45, 7) is 3.45. The number of carbonyl (C=O) groups is 3. The number of fused-ring (bicyclic) bond motifs is 2. The van der Waals surface area contributed by atoms with Crippen LogP contribution in [0.3, 0.4) is 0 Å². The molecule has 0 saturated carbocycles. The number of halogens is 1. The van der Waals surface area contributed by atoms with E-state index in [9.17, 15) is 23.9 Å². The van der Waals surface area contributed by atoms with E-state index in [-0.39, 0.29) is 41.5 Å². The molecule has 1 aromatic heterocycles. The van der Waals surface area contributed by atoms with Gasteiger partial charge in [-0.2, -0.15) is 0 Å². The van der Waals surface area contributed by atoms with Crippen molar-refractivity contribution in [3.8, 4) is 0 Å². The standard InChI is InChI=1S/C23H30FN5O4/c1-12(25-3)22(32)27-19(11-30)23(33)28-7-6-20-21(28)17(10-29(20)13(2)31)16-9-26-18-5-4-14(24)8-15(16)18/h4-5,8-9,12,17,19-21,25-26,30H,6-7,10-11H2,1-3H3,(H,27,32). The first kappa shape index (κ1) is 23.2. The number of hydrogen-bond acceptors (Lipinski definition) is 5. The van der Waals surface area contributed by atoms with E-state index in [4.69, 9.17) is 0 Å². The summed E-state index contributed by atoms with van der Waals surface area (Å²) in [5.41, 5.74) is 1.62. The van der Waals surface area contributed by atoms with Crippen LogP contribution < -0.4 is 10.6 Å². The number of likely N-dealkylation sites (tertiary alicyclic amines) is 2. The number of nitrogens with one attached hydrogen (secondary N) is 3. The van der Waals surface area contributed by atoms with Crippen molar-refractivity contribution in [1.82, 2.24) is 25.4 Å². The average Bonchev–Trinajstić information content (AvgIpc) is 3.49. The first-order valence-electron chi connectivity index (χ1n) is 11.2. The van der Waals surface area contributed by atoms with Crippen LogP contribution in [0.4, 0.5) is 4.39 Å². The van der Waals surface area contributed by atoms with Gasteiger partial charge in [0.15, 0.2) is 0 Å². The van der Waals surface area contributed by atoms with E-state index in [0.717, 1.165) is 16.5 Å². The van der Waals surface area contributed by atoms with Crippen LogP contribution in [0.1, 0.15) is 31.7 Å². The molecular weight excluding hydrogens is 429 g/mol. The normalized spacial score (nSPS) is 24.1. The topological polar surface area (TPSA) is 118 Å². The Morgan fingerprint density at radius 3 is 2.73 bits per heavy atom. The van der Waals surface area contributed by atoms with Crippen LogP contribution in [0.5, 0.6) is 0 Å². The van der Waals surface area contributed by atoms with Gasteiger partial charge in [-0.15, -0.1) is 0 Å². The molecule has 0 radical (unpaired) electrons. The van der Waals surface area contributed by atoms with Crippen molar-refractivity contribution in [3.63, 3.8) is 0 Å². The minimum absolute atomic E-state index is 0.0809. The highest BCUT2D eigenvalue weighted by molar-refractivity contribution is 5.90. The van der Waals surface area contributed by atoms with Crippen molar-refractivity contribution < 1.29 is 23.9 Å². The number of likely N-dealkylation sites (N-methyl/N-ethyl adjacent to an activating group) is 1. The molecule has 10 heteroatoms. The molecule has 4 rings (SSSR count). The quantitative estimate of drug-likeness (QED) is 0.496. The number of aromatic nitrogens is 1.